The molecule has 0 unspecified atom stereocenters. The highest BCUT2D eigenvalue weighted by Gasteiger charge is 2.12. The molecule has 2 aromatic heterocycles. The zero-order chi connectivity index (χ0) is 18.6. The molecule has 2 aromatic carbocycles. The van der Waals surface area contributed by atoms with Crippen LogP contribution in [-0.4, -0.2) is 16.0 Å². The third-order valence-electron chi connectivity index (χ3n) is 3.99. The van der Waals surface area contributed by atoms with Crippen molar-refractivity contribution in [2.24, 2.45) is 0 Å². The van der Waals surface area contributed by atoms with Gasteiger partial charge in [0.25, 0.3) is 0 Å². The normalized spacial score (nSPS) is 10.6. The Morgan fingerprint density at radius 1 is 0.889 bits per heavy atom. The number of aromatic nitrogens is 2. The molecule has 1 N–H and O–H groups in total. The van der Waals surface area contributed by atoms with Crippen LogP contribution in [-0.2, 0) is 0 Å². The molecular formula is C23H19N3O. The molecule has 0 spiro atoms. The topological polar surface area (TPSA) is 51.0 Å². The van der Waals surface area contributed by atoms with Gasteiger partial charge in [-0.15, -0.1) is 0 Å². The zero-order valence-corrected chi connectivity index (χ0v) is 15.2. The Hall–Kier alpha value is -3.58. The van der Waals surface area contributed by atoms with E-state index in [9.17, 15) is 0 Å². The first-order valence-corrected chi connectivity index (χ1v) is 8.88. The smallest absolute Gasteiger partial charge is 0.198 e. The van der Waals surface area contributed by atoms with Crippen molar-refractivity contribution in [1.82, 2.24) is 9.97 Å². The second-order valence-corrected chi connectivity index (χ2v) is 6.52. The molecule has 0 saturated carbocycles. The molecule has 4 heteroatoms. The van der Waals surface area contributed by atoms with Gasteiger partial charge in [-0.25, -0.2) is 9.97 Å². The Kier molecular flexibility index (Phi) is 4.59. The van der Waals surface area contributed by atoms with Crippen molar-refractivity contribution >= 4 is 16.7 Å². The van der Waals surface area contributed by atoms with Gasteiger partial charge in [-0.3, -0.25) is 0 Å². The molecule has 2 heterocycles. The van der Waals surface area contributed by atoms with Gasteiger partial charge in [0.2, 0.25) is 0 Å². The number of furan rings is 1. The molecule has 0 aliphatic heterocycles. The molecule has 132 valence electrons. The summed E-state index contributed by atoms with van der Waals surface area (Å²) in [6, 6.07) is 19.9. The van der Waals surface area contributed by atoms with Crippen LogP contribution >= 0.6 is 0 Å². The maximum atomic E-state index is 5.46. The van der Waals surface area contributed by atoms with Gasteiger partial charge in [0.05, 0.1) is 11.8 Å². The Labute approximate surface area is 158 Å². The predicted octanol–water partition coefficient (Wildman–Crippen LogP) is 5.11. The number of fused-ring (bicyclic) bond motifs is 1. The monoisotopic (exact) mass is 353 g/mol. The number of anilines is 1. The summed E-state index contributed by atoms with van der Waals surface area (Å²) in [5, 5.41) is 4.35. The quantitative estimate of drug-likeness (QED) is 0.520. The average molecular weight is 353 g/mol. The first kappa shape index (κ1) is 16.9. The molecular weight excluding hydrogens is 334 g/mol. The number of hydrogen-bond acceptors (Lipinski definition) is 4. The van der Waals surface area contributed by atoms with Crippen molar-refractivity contribution < 1.29 is 4.42 Å². The Morgan fingerprint density at radius 2 is 1.70 bits per heavy atom. The lowest BCUT2D eigenvalue weighted by Crippen LogP contribution is -2.12. The van der Waals surface area contributed by atoms with Crippen LogP contribution in [0.15, 0.2) is 71.3 Å². The van der Waals surface area contributed by atoms with E-state index in [-0.39, 0.29) is 6.04 Å². The zero-order valence-electron chi connectivity index (χ0n) is 15.2. The highest BCUT2D eigenvalue weighted by atomic mass is 16.3. The summed E-state index contributed by atoms with van der Waals surface area (Å²) >= 11 is 0. The summed E-state index contributed by atoms with van der Waals surface area (Å²) in [5.41, 5.74) is 2.76. The van der Waals surface area contributed by atoms with E-state index in [1.54, 1.807) is 6.26 Å². The molecule has 4 nitrogen and oxygen atoms in total. The standard InChI is InChI=1S/C23H19N3O/c1-16(2)24-22-19-15-18(11-10-17-7-4-3-5-8-17)12-13-20(19)25-23(26-22)21-9-6-14-27-21/h3-9,12-16H,1-2H3,(H,24,25,26). The first-order chi connectivity index (χ1) is 13.2. The molecule has 0 radical (unpaired) electrons. The van der Waals surface area contributed by atoms with Crippen LogP contribution in [0.4, 0.5) is 5.82 Å². The van der Waals surface area contributed by atoms with Crippen molar-refractivity contribution in [3.8, 4) is 23.4 Å². The summed E-state index contributed by atoms with van der Waals surface area (Å²) in [6.07, 6.45) is 1.63. The van der Waals surface area contributed by atoms with Crippen LogP contribution in [0.1, 0.15) is 25.0 Å². The first-order valence-electron chi connectivity index (χ1n) is 8.88. The van der Waals surface area contributed by atoms with Crippen molar-refractivity contribution in [3.63, 3.8) is 0 Å². The SMILES string of the molecule is CC(C)Nc1nc(-c2ccco2)nc2ccc(C#Cc3ccccc3)cc12. The fourth-order valence-corrected chi connectivity index (χ4v) is 2.77. The second kappa shape index (κ2) is 7.35. The fraction of sp³-hybridized carbons (Fsp3) is 0.130. The molecule has 27 heavy (non-hydrogen) atoms. The third kappa shape index (κ3) is 3.83. The fourth-order valence-electron chi connectivity index (χ4n) is 2.77. The number of benzene rings is 2. The lowest BCUT2D eigenvalue weighted by atomic mass is 10.1. The number of rotatable bonds is 3. The van der Waals surface area contributed by atoms with Gasteiger partial charge in [-0.1, -0.05) is 30.0 Å². The molecule has 0 saturated heterocycles. The number of nitrogens with one attached hydrogen (secondary N) is 1. The van der Waals surface area contributed by atoms with Crippen LogP contribution < -0.4 is 5.32 Å². The molecule has 4 aromatic rings. The van der Waals surface area contributed by atoms with Gasteiger partial charge in [-0.2, -0.15) is 0 Å². The summed E-state index contributed by atoms with van der Waals surface area (Å²) < 4.78 is 5.46. The minimum Gasteiger partial charge on any atom is -0.461 e. The molecule has 0 fully saturated rings. The largest absolute Gasteiger partial charge is 0.461 e. The van der Waals surface area contributed by atoms with E-state index in [4.69, 9.17) is 4.42 Å². The van der Waals surface area contributed by atoms with Gasteiger partial charge in [0, 0.05) is 22.6 Å². The second-order valence-electron chi connectivity index (χ2n) is 6.52. The number of nitrogens with zero attached hydrogens (tertiary/aromatic N) is 2. The molecule has 0 amide bonds. The van der Waals surface area contributed by atoms with Gasteiger partial charge >= 0.3 is 0 Å². The van der Waals surface area contributed by atoms with Crippen LogP contribution in [0.5, 0.6) is 0 Å². The van der Waals surface area contributed by atoms with Gasteiger partial charge < -0.3 is 9.73 Å². The average Bonchev–Trinajstić information content (AvgIpc) is 3.21. The van der Waals surface area contributed by atoms with Crippen molar-refractivity contribution in [2.75, 3.05) is 5.32 Å². The van der Waals surface area contributed by atoms with E-state index in [0.29, 0.717) is 11.6 Å². The molecule has 4 rings (SSSR count). The van der Waals surface area contributed by atoms with Crippen LogP contribution in [0.2, 0.25) is 0 Å². The van der Waals surface area contributed by atoms with Crippen molar-refractivity contribution in [2.45, 2.75) is 19.9 Å². The van der Waals surface area contributed by atoms with Gasteiger partial charge in [-0.05, 0) is 56.3 Å². The summed E-state index contributed by atoms with van der Waals surface area (Å²) in [5.74, 6) is 8.42. The highest BCUT2D eigenvalue weighted by molar-refractivity contribution is 5.91. The Morgan fingerprint density at radius 3 is 2.44 bits per heavy atom. The molecule has 0 aliphatic rings. The van der Waals surface area contributed by atoms with E-state index in [1.807, 2.05) is 60.7 Å². The lowest BCUT2D eigenvalue weighted by molar-refractivity contribution is 0.577. The van der Waals surface area contributed by atoms with Crippen LogP contribution in [0.25, 0.3) is 22.5 Å². The summed E-state index contributed by atoms with van der Waals surface area (Å²) in [6.45, 7) is 4.17. The Balaban J connectivity index is 1.80. The molecule has 0 aliphatic carbocycles. The van der Waals surface area contributed by atoms with Crippen LogP contribution in [0.3, 0.4) is 0 Å². The number of hydrogen-bond donors (Lipinski definition) is 1. The lowest BCUT2D eigenvalue weighted by Gasteiger charge is -2.13. The third-order valence-corrected chi connectivity index (χ3v) is 3.99. The predicted molar refractivity (Wildman–Crippen MR) is 108 cm³/mol. The van der Waals surface area contributed by atoms with Gasteiger partial charge in [0.15, 0.2) is 11.6 Å². The Bertz CT molecular complexity index is 1120. The van der Waals surface area contributed by atoms with E-state index in [1.165, 1.54) is 0 Å². The minimum atomic E-state index is 0.242. The van der Waals surface area contributed by atoms with E-state index in [0.717, 1.165) is 27.8 Å². The minimum absolute atomic E-state index is 0.242. The summed E-state index contributed by atoms with van der Waals surface area (Å²) in [4.78, 5) is 9.33. The molecule has 0 bridgehead atoms. The molecule has 0 atom stereocenters. The van der Waals surface area contributed by atoms with Crippen molar-refractivity contribution in [1.29, 1.82) is 0 Å². The van der Waals surface area contributed by atoms with Crippen LogP contribution in [0, 0.1) is 11.8 Å². The highest BCUT2D eigenvalue weighted by Crippen LogP contribution is 2.26. The van der Waals surface area contributed by atoms with E-state index >= 15 is 0 Å². The maximum absolute atomic E-state index is 5.46. The van der Waals surface area contributed by atoms with E-state index in [2.05, 4.69) is 41.0 Å². The van der Waals surface area contributed by atoms with Crippen molar-refractivity contribution in [3.05, 3.63) is 78.1 Å². The maximum Gasteiger partial charge on any atom is 0.198 e. The van der Waals surface area contributed by atoms with E-state index < -0.39 is 0 Å². The summed E-state index contributed by atoms with van der Waals surface area (Å²) in [7, 11) is 0. The van der Waals surface area contributed by atoms with Gasteiger partial charge in [0.1, 0.15) is 5.82 Å².